The van der Waals surface area contributed by atoms with Crippen LogP contribution in [0.25, 0.3) is 11.1 Å². The van der Waals surface area contributed by atoms with Gasteiger partial charge in [0.05, 0.1) is 25.1 Å². The quantitative estimate of drug-likeness (QED) is 0.547. The molecule has 1 aliphatic rings. The summed E-state index contributed by atoms with van der Waals surface area (Å²) in [6, 6.07) is 10.5. The van der Waals surface area contributed by atoms with Crippen molar-refractivity contribution in [3.63, 3.8) is 0 Å². The fourth-order valence-electron chi connectivity index (χ4n) is 4.02. The van der Waals surface area contributed by atoms with E-state index in [0.717, 1.165) is 23.6 Å². The average Bonchev–Trinajstić information content (AvgIpc) is 2.86. The molecule has 2 N–H and O–H groups in total. The van der Waals surface area contributed by atoms with Crippen LogP contribution in [0, 0.1) is 0 Å². The second-order valence-electron chi connectivity index (χ2n) is 8.25. The SMILES string of the molecule is C[C@@H](NCCCC(C)(F)F)C(=O)C[C@@H]1C(=O)N(CCO)c2ncccc2-c2ccccc21. The molecule has 0 spiro atoms. The van der Waals surface area contributed by atoms with Crippen LogP contribution in [-0.2, 0) is 9.59 Å². The van der Waals surface area contributed by atoms with Crippen LogP contribution in [0.4, 0.5) is 14.6 Å². The normalized spacial score (nSPS) is 16.8. The Morgan fingerprint density at radius 1 is 1.25 bits per heavy atom. The first kappa shape index (κ1) is 23.9. The van der Waals surface area contributed by atoms with E-state index >= 15 is 0 Å². The third-order valence-corrected chi connectivity index (χ3v) is 5.69. The maximum atomic E-state index is 13.5. The van der Waals surface area contributed by atoms with E-state index in [1.54, 1.807) is 19.2 Å². The van der Waals surface area contributed by atoms with Crippen molar-refractivity contribution in [2.45, 2.75) is 51.0 Å². The summed E-state index contributed by atoms with van der Waals surface area (Å²) >= 11 is 0. The van der Waals surface area contributed by atoms with E-state index in [-0.39, 0.29) is 50.6 Å². The molecular formula is C24H29F2N3O3. The first-order chi connectivity index (χ1) is 15.2. The van der Waals surface area contributed by atoms with Crippen molar-refractivity contribution in [1.82, 2.24) is 10.3 Å². The number of hydrogen-bond donors (Lipinski definition) is 2. The lowest BCUT2D eigenvalue weighted by Gasteiger charge is -2.25. The van der Waals surface area contributed by atoms with Crippen molar-refractivity contribution in [2.24, 2.45) is 0 Å². The van der Waals surface area contributed by atoms with Gasteiger partial charge in [0, 0.05) is 24.6 Å². The van der Waals surface area contributed by atoms with Gasteiger partial charge in [0.15, 0.2) is 5.78 Å². The molecule has 1 aromatic carbocycles. The molecule has 6 nitrogen and oxygen atoms in total. The Kier molecular flexibility index (Phi) is 7.69. The molecule has 0 fully saturated rings. The molecule has 0 unspecified atom stereocenters. The zero-order valence-electron chi connectivity index (χ0n) is 18.4. The Labute approximate surface area is 186 Å². The van der Waals surface area contributed by atoms with E-state index in [1.807, 2.05) is 30.3 Å². The molecule has 2 atom stereocenters. The summed E-state index contributed by atoms with van der Waals surface area (Å²) in [6.45, 7) is 2.68. The van der Waals surface area contributed by atoms with Gasteiger partial charge in [0.2, 0.25) is 11.8 Å². The Morgan fingerprint density at radius 2 is 1.97 bits per heavy atom. The Morgan fingerprint density at radius 3 is 2.69 bits per heavy atom. The number of benzene rings is 1. The van der Waals surface area contributed by atoms with Crippen molar-refractivity contribution in [2.75, 3.05) is 24.6 Å². The van der Waals surface area contributed by atoms with Crippen LogP contribution in [0.15, 0.2) is 42.6 Å². The molecule has 3 rings (SSSR count). The number of aliphatic hydroxyl groups excluding tert-OH is 1. The van der Waals surface area contributed by atoms with Gasteiger partial charge in [-0.1, -0.05) is 24.3 Å². The summed E-state index contributed by atoms with van der Waals surface area (Å²) in [5.41, 5.74) is 2.33. The number of aliphatic hydroxyl groups is 1. The first-order valence-electron chi connectivity index (χ1n) is 10.8. The third-order valence-electron chi connectivity index (χ3n) is 5.69. The number of rotatable bonds is 10. The zero-order valence-corrected chi connectivity index (χ0v) is 18.4. The number of Topliss-reactive ketones (excluding diaryl/α,β-unsaturated/α-hetero) is 1. The number of fused-ring (bicyclic) bond motifs is 3. The number of nitrogens with one attached hydrogen (secondary N) is 1. The van der Waals surface area contributed by atoms with Crippen LogP contribution in [-0.4, -0.2) is 53.4 Å². The van der Waals surface area contributed by atoms with E-state index in [9.17, 15) is 23.5 Å². The molecule has 0 aliphatic carbocycles. The number of halogens is 2. The summed E-state index contributed by atoms with van der Waals surface area (Å²) in [6.07, 6.45) is 1.55. The number of amides is 1. The van der Waals surface area contributed by atoms with Gasteiger partial charge in [-0.05, 0) is 50.1 Å². The summed E-state index contributed by atoms with van der Waals surface area (Å²) in [5, 5.41) is 12.5. The minimum Gasteiger partial charge on any atom is -0.395 e. The third kappa shape index (κ3) is 5.55. The summed E-state index contributed by atoms with van der Waals surface area (Å²) in [5.74, 6) is -3.48. The summed E-state index contributed by atoms with van der Waals surface area (Å²) < 4.78 is 26.0. The minimum atomic E-state index is -2.73. The van der Waals surface area contributed by atoms with Crippen LogP contribution in [0.2, 0.25) is 0 Å². The number of carbonyl (C=O) groups excluding carboxylic acids is 2. The lowest BCUT2D eigenvalue weighted by molar-refractivity contribution is -0.126. The minimum absolute atomic E-state index is 0.0378. The van der Waals surface area contributed by atoms with Crippen LogP contribution in [0.3, 0.4) is 0 Å². The Hall–Kier alpha value is -2.71. The van der Waals surface area contributed by atoms with E-state index in [0.29, 0.717) is 5.82 Å². The van der Waals surface area contributed by atoms with Crippen molar-refractivity contribution in [3.8, 4) is 11.1 Å². The van der Waals surface area contributed by atoms with E-state index < -0.39 is 17.9 Å². The van der Waals surface area contributed by atoms with Crippen LogP contribution >= 0.6 is 0 Å². The number of carbonyl (C=O) groups is 2. The molecule has 172 valence electrons. The number of nitrogens with zero attached hydrogens (tertiary/aromatic N) is 2. The predicted molar refractivity (Wildman–Crippen MR) is 119 cm³/mol. The van der Waals surface area contributed by atoms with Crippen LogP contribution in [0.1, 0.15) is 44.6 Å². The van der Waals surface area contributed by atoms with E-state index in [2.05, 4.69) is 10.3 Å². The highest BCUT2D eigenvalue weighted by atomic mass is 19.3. The van der Waals surface area contributed by atoms with Crippen LogP contribution < -0.4 is 10.2 Å². The summed E-state index contributed by atoms with van der Waals surface area (Å²) in [4.78, 5) is 32.3. The van der Waals surface area contributed by atoms with Gasteiger partial charge in [-0.2, -0.15) is 0 Å². The largest absolute Gasteiger partial charge is 0.395 e. The number of pyridine rings is 1. The van der Waals surface area contributed by atoms with Gasteiger partial charge in [0.25, 0.3) is 0 Å². The highest BCUT2D eigenvalue weighted by Gasteiger charge is 2.36. The first-order valence-corrected chi connectivity index (χ1v) is 10.8. The monoisotopic (exact) mass is 445 g/mol. The maximum absolute atomic E-state index is 13.5. The molecule has 0 bridgehead atoms. The van der Waals surface area contributed by atoms with Gasteiger partial charge >= 0.3 is 0 Å². The molecule has 0 saturated heterocycles. The number of β-amino-alcohol motifs (C(OH)–C–C–N with tert-alkyl or cyclic N) is 1. The second-order valence-corrected chi connectivity index (χ2v) is 8.25. The Balaban J connectivity index is 1.83. The molecule has 0 saturated carbocycles. The number of alkyl halides is 2. The summed E-state index contributed by atoms with van der Waals surface area (Å²) in [7, 11) is 0. The number of ketones is 1. The fraction of sp³-hybridized carbons (Fsp3) is 0.458. The number of aromatic nitrogens is 1. The van der Waals surface area contributed by atoms with Gasteiger partial charge in [-0.25, -0.2) is 13.8 Å². The second kappa shape index (κ2) is 10.3. The molecule has 0 radical (unpaired) electrons. The maximum Gasteiger partial charge on any atom is 0.245 e. The lowest BCUT2D eigenvalue weighted by Crippen LogP contribution is -2.40. The molecular weight excluding hydrogens is 416 g/mol. The highest BCUT2D eigenvalue weighted by Crippen LogP contribution is 2.41. The average molecular weight is 446 g/mol. The van der Waals surface area contributed by atoms with Gasteiger partial charge < -0.3 is 10.4 Å². The molecule has 1 aromatic heterocycles. The molecule has 2 aromatic rings. The van der Waals surface area contributed by atoms with E-state index in [4.69, 9.17) is 0 Å². The zero-order chi connectivity index (χ0) is 23.3. The highest BCUT2D eigenvalue weighted by molar-refractivity contribution is 6.06. The fourth-order valence-corrected chi connectivity index (χ4v) is 4.02. The van der Waals surface area contributed by atoms with Gasteiger partial charge in [-0.15, -0.1) is 0 Å². The topological polar surface area (TPSA) is 82.5 Å². The molecule has 32 heavy (non-hydrogen) atoms. The van der Waals surface area contributed by atoms with Crippen molar-refractivity contribution in [3.05, 3.63) is 48.2 Å². The molecule has 8 heteroatoms. The Bertz CT molecular complexity index is 962. The smallest absolute Gasteiger partial charge is 0.245 e. The molecule has 2 heterocycles. The van der Waals surface area contributed by atoms with Crippen molar-refractivity contribution < 1.29 is 23.5 Å². The number of anilines is 1. The molecule has 1 amide bonds. The van der Waals surface area contributed by atoms with Gasteiger partial charge in [0.1, 0.15) is 5.82 Å². The number of hydrogen-bond acceptors (Lipinski definition) is 5. The lowest BCUT2D eigenvalue weighted by atomic mass is 9.87. The van der Waals surface area contributed by atoms with Crippen LogP contribution in [0.5, 0.6) is 0 Å². The van der Waals surface area contributed by atoms with Crippen molar-refractivity contribution in [1.29, 1.82) is 0 Å². The van der Waals surface area contributed by atoms with Crippen molar-refractivity contribution >= 4 is 17.5 Å². The molecule has 1 aliphatic heterocycles. The van der Waals surface area contributed by atoms with Gasteiger partial charge in [-0.3, -0.25) is 14.5 Å². The predicted octanol–water partition coefficient (Wildman–Crippen LogP) is 3.54. The standard InChI is InChI=1S/C24H29F2N3O3/c1-16(27-12-6-10-24(2,25)26)21(31)15-20-18-8-4-3-7-17(18)19-9-5-11-28-22(19)29(13-14-30)23(20)32/h3-5,7-9,11,16,20,27,30H,6,10,12-15H2,1-2H3/t16-,20+/m1/s1. The van der Waals surface area contributed by atoms with E-state index in [1.165, 1.54) is 4.90 Å².